The second-order valence-corrected chi connectivity index (χ2v) is 8.09. The Morgan fingerprint density at radius 1 is 1.38 bits per heavy atom. The Bertz CT molecular complexity index is 845. The molecule has 1 aliphatic rings. The van der Waals surface area contributed by atoms with Crippen LogP contribution >= 0.6 is 24.0 Å². The van der Waals surface area contributed by atoms with Crippen LogP contribution in [0.25, 0.3) is 5.57 Å². The quantitative estimate of drug-likeness (QED) is 0.268. The highest BCUT2D eigenvalue weighted by molar-refractivity contribution is 8.26. The van der Waals surface area contributed by atoms with E-state index in [2.05, 4.69) is 0 Å². The monoisotopic (exact) mass is 388 g/mol. The molecule has 1 fully saturated rings. The first-order chi connectivity index (χ1) is 11.1. The van der Waals surface area contributed by atoms with Gasteiger partial charge in [-0.3, -0.25) is 24.4 Å². The lowest BCUT2D eigenvalue weighted by Gasteiger charge is -2.13. The lowest BCUT2D eigenvalue weighted by Crippen LogP contribution is -2.32. The van der Waals surface area contributed by atoms with Crippen molar-refractivity contribution in [3.05, 3.63) is 44.8 Å². The number of non-ortho nitro benzene ring substituents is 1. The first-order valence-electron chi connectivity index (χ1n) is 6.54. The van der Waals surface area contributed by atoms with E-state index < -0.39 is 26.7 Å². The van der Waals surface area contributed by atoms with Crippen LogP contribution in [0.15, 0.2) is 29.2 Å². The SMILES string of the molecule is CC(=C1SC(=S)N(CCS(=O)(=O)O)C1=O)c1ccc([N+](=O)[O-])cc1. The summed E-state index contributed by atoms with van der Waals surface area (Å²) in [6, 6.07) is 5.71. The zero-order valence-corrected chi connectivity index (χ0v) is 14.8. The number of hydrogen-bond acceptors (Lipinski definition) is 7. The molecule has 1 amide bonds. The molecule has 0 aliphatic carbocycles. The standard InChI is InChI=1S/C13H12N2O6S3/c1-8(9-2-4-10(5-3-9)15(17)18)11-12(16)14(13(22)23-11)6-7-24(19,20)21/h2-5H,6-7H2,1H3,(H,19,20,21). The van der Waals surface area contributed by atoms with Gasteiger partial charge in [0.2, 0.25) is 0 Å². The molecule has 1 aromatic rings. The minimum Gasteiger partial charge on any atom is -0.292 e. The van der Waals surface area contributed by atoms with Crippen molar-refractivity contribution in [2.75, 3.05) is 12.3 Å². The number of nitro benzene ring substituents is 1. The van der Waals surface area contributed by atoms with Crippen molar-refractivity contribution in [3.63, 3.8) is 0 Å². The van der Waals surface area contributed by atoms with Gasteiger partial charge in [-0.05, 0) is 30.2 Å². The Balaban J connectivity index is 2.27. The first kappa shape index (κ1) is 18.5. The average Bonchev–Trinajstić information content (AvgIpc) is 2.78. The second-order valence-electron chi connectivity index (χ2n) is 4.87. The van der Waals surface area contributed by atoms with Crippen LogP contribution in [0.3, 0.4) is 0 Å². The van der Waals surface area contributed by atoms with E-state index in [9.17, 15) is 23.3 Å². The number of carbonyl (C=O) groups is 1. The normalized spacial score (nSPS) is 17.3. The summed E-state index contributed by atoms with van der Waals surface area (Å²) in [5, 5.41) is 10.7. The third-order valence-corrected chi connectivity index (χ3v) is 5.52. The molecule has 0 saturated carbocycles. The molecule has 1 N–H and O–H groups in total. The van der Waals surface area contributed by atoms with Crippen molar-refractivity contribution in [1.82, 2.24) is 4.90 Å². The predicted octanol–water partition coefficient (Wildman–Crippen LogP) is 2.07. The van der Waals surface area contributed by atoms with Crippen LogP contribution < -0.4 is 0 Å². The molecule has 0 spiro atoms. The van der Waals surface area contributed by atoms with Gasteiger partial charge in [0.25, 0.3) is 21.7 Å². The van der Waals surface area contributed by atoms with Crippen LogP contribution in [0.5, 0.6) is 0 Å². The number of nitrogens with zero attached hydrogens (tertiary/aromatic N) is 2. The number of carbonyl (C=O) groups excluding carboxylic acids is 1. The van der Waals surface area contributed by atoms with Crippen molar-refractivity contribution in [3.8, 4) is 0 Å². The van der Waals surface area contributed by atoms with Crippen molar-refractivity contribution in [1.29, 1.82) is 0 Å². The Hall–Kier alpha value is -1.82. The summed E-state index contributed by atoms with van der Waals surface area (Å²) in [5.41, 5.74) is 1.14. The molecule has 1 heterocycles. The minimum absolute atomic E-state index is 0.0627. The lowest BCUT2D eigenvalue weighted by molar-refractivity contribution is -0.384. The van der Waals surface area contributed by atoms with E-state index in [-0.39, 0.29) is 16.6 Å². The number of rotatable bonds is 5. The molecule has 1 aliphatic heterocycles. The fourth-order valence-electron chi connectivity index (χ4n) is 1.99. The molecule has 8 nitrogen and oxygen atoms in total. The molecular weight excluding hydrogens is 376 g/mol. The fraction of sp³-hybridized carbons (Fsp3) is 0.231. The number of nitro groups is 1. The number of amides is 1. The molecule has 128 valence electrons. The molecule has 2 rings (SSSR count). The zero-order chi connectivity index (χ0) is 18.1. The Kier molecular flexibility index (Phi) is 5.38. The van der Waals surface area contributed by atoms with Crippen LogP contribution in [-0.4, -0.2) is 45.3 Å². The summed E-state index contributed by atoms with van der Waals surface area (Å²) in [6.07, 6.45) is 0. The molecule has 0 aromatic heterocycles. The van der Waals surface area contributed by atoms with E-state index in [0.717, 1.165) is 16.7 Å². The Morgan fingerprint density at radius 2 is 1.96 bits per heavy atom. The topological polar surface area (TPSA) is 118 Å². The van der Waals surface area contributed by atoms with Crippen molar-refractivity contribution in [2.45, 2.75) is 6.92 Å². The van der Waals surface area contributed by atoms with Crippen LogP contribution in [-0.2, 0) is 14.9 Å². The van der Waals surface area contributed by atoms with Gasteiger partial charge >= 0.3 is 0 Å². The molecular formula is C13H12N2O6S3. The average molecular weight is 388 g/mol. The minimum atomic E-state index is -4.20. The highest BCUT2D eigenvalue weighted by Crippen LogP contribution is 2.36. The Labute approximate surface area is 147 Å². The Morgan fingerprint density at radius 3 is 2.46 bits per heavy atom. The number of benzene rings is 1. The molecule has 11 heteroatoms. The van der Waals surface area contributed by atoms with E-state index in [1.165, 1.54) is 24.3 Å². The van der Waals surface area contributed by atoms with E-state index in [1.807, 2.05) is 0 Å². The summed E-state index contributed by atoms with van der Waals surface area (Å²) in [7, 11) is -4.20. The zero-order valence-electron chi connectivity index (χ0n) is 12.3. The summed E-state index contributed by atoms with van der Waals surface area (Å²) in [5.74, 6) is -1.06. The maximum atomic E-state index is 12.4. The van der Waals surface area contributed by atoms with Crippen molar-refractivity contribution in [2.24, 2.45) is 0 Å². The maximum Gasteiger partial charge on any atom is 0.269 e. The van der Waals surface area contributed by atoms with E-state index in [0.29, 0.717) is 16.0 Å². The summed E-state index contributed by atoms with van der Waals surface area (Å²) < 4.78 is 30.6. The maximum absolute atomic E-state index is 12.4. The summed E-state index contributed by atoms with van der Waals surface area (Å²) in [4.78, 5) is 24.0. The summed E-state index contributed by atoms with van der Waals surface area (Å²) in [6.45, 7) is 1.44. The van der Waals surface area contributed by atoms with Gasteiger partial charge in [-0.15, -0.1) is 0 Å². The largest absolute Gasteiger partial charge is 0.292 e. The smallest absolute Gasteiger partial charge is 0.269 e. The summed E-state index contributed by atoms with van der Waals surface area (Å²) >= 11 is 6.10. The highest BCUT2D eigenvalue weighted by Gasteiger charge is 2.34. The van der Waals surface area contributed by atoms with Crippen LogP contribution in [0.4, 0.5) is 5.69 Å². The van der Waals surface area contributed by atoms with Gasteiger partial charge in [-0.2, -0.15) is 8.42 Å². The molecule has 0 bridgehead atoms. The first-order valence-corrected chi connectivity index (χ1v) is 9.38. The molecule has 0 atom stereocenters. The van der Waals surface area contributed by atoms with Crippen molar-refractivity contribution < 1.29 is 22.7 Å². The fourth-order valence-corrected chi connectivity index (χ4v) is 3.76. The van der Waals surface area contributed by atoms with E-state index in [4.69, 9.17) is 16.8 Å². The molecule has 24 heavy (non-hydrogen) atoms. The van der Waals surface area contributed by atoms with Crippen LogP contribution in [0, 0.1) is 10.1 Å². The third-order valence-electron chi connectivity index (χ3n) is 3.27. The van der Waals surface area contributed by atoms with Crippen LogP contribution in [0.2, 0.25) is 0 Å². The van der Waals surface area contributed by atoms with Gasteiger partial charge in [-0.25, -0.2) is 0 Å². The number of thioether (sulfide) groups is 1. The van der Waals surface area contributed by atoms with Gasteiger partial charge in [0, 0.05) is 18.7 Å². The van der Waals surface area contributed by atoms with Crippen molar-refractivity contribution >= 4 is 55.6 Å². The molecule has 0 radical (unpaired) electrons. The van der Waals surface area contributed by atoms with E-state index >= 15 is 0 Å². The number of allylic oxidation sites excluding steroid dienone is 1. The highest BCUT2D eigenvalue weighted by atomic mass is 32.2. The van der Waals surface area contributed by atoms with Gasteiger partial charge < -0.3 is 0 Å². The molecule has 1 aromatic carbocycles. The van der Waals surface area contributed by atoms with Gasteiger partial charge in [-0.1, -0.05) is 24.0 Å². The lowest BCUT2D eigenvalue weighted by atomic mass is 10.1. The third kappa shape index (κ3) is 4.17. The molecule has 1 saturated heterocycles. The van der Waals surface area contributed by atoms with Gasteiger partial charge in [0.15, 0.2) is 0 Å². The molecule has 0 unspecified atom stereocenters. The van der Waals surface area contributed by atoms with E-state index in [1.54, 1.807) is 6.92 Å². The number of thiocarbonyl (C=S) groups is 1. The van der Waals surface area contributed by atoms with Gasteiger partial charge in [0.1, 0.15) is 4.32 Å². The number of hydrogen-bond donors (Lipinski definition) is 1. The van der Waals surface area contributed by atoms with Gasteiger partial charge in [0.05, 0.1) is 15.6 Å². The predicted molar refractivity (Wildman–Crippen MR) is 94.0 cm³/mol. The second kappa shape index (κ2) is 6.97. The van der Waals surface area contributed by atoms with Crippen LogP contribution in [0.1, 0.15) is 12.5 Å².